The summed E-state index contributed by atoms with van der Waals surface area (Å²) in [6, 6.07) is 8.40. The number of hydrogen-bond donors (Lipinski definition) is 1. The number of aryl methyl sites for hydroxylation is 1. The molecule has 0 spiro atoms. The Morgan fingerprint density at radius 3 is 3.07 bits per heavy atom. The van der Waals surface area contributed by atoms with Crippen LogP contribution in [-0.4, -0.2) is 19.3 Å². The molecule has 1 aromatic rings. The van der Waals surface area contributed by atoms with Crippen molar-refractivity contribution in [2.75, 3.05) is 13.1 Å². The highest BCUT2D eigenvalue weighted by molar-refractivity contribution is 5.22. The first-order valence-electron chi connectivity index (χ1n) is 5.66. The van der Waals surface area contributed by atoms with E-state index >= 15 is 0 Å². The zero-order valence-corrected chi connectivity index (χ0v) is 9.17. The Morgan fingerprint density at radius 1 is 1.47 bits per heavy atom. The van der Waals surface area contributed by atoms with Crippen LogP contribution in [0.5, 0.6) is 0 Å². The van der Waals surface area contributed by atoms with Crippen LogP contribution in [0.1, 0.15) is 17.5 Å². The molecule has 2 atom stereocenters. The lowest BCUT2D eigenvalue weighted by Crippen LogP contribution is -2.38. The Morgan fingerprint density at radius 2 is 2.33 bits per heavy atom. The number of hydrogen-bond acceptors (Lipinski definition) is 1. The minimum absolute atomic E-state index is 0.202. The summed E-state index contributed by atoms with van der Waals surface area (Å²) in [5, 5.41) is 3.09. The van der Waals surface area contributed by atoms with Crippen molar-refractivity contribution in [2.45, 2.75) is 25.9 Å². The molecule has 0 radical (unpaired) electrons. The summed E-state index contributed by atoms with van der Waals surface area (Å²) in [6.07, 6.45) is 1.15. The van der Waals surface area contributed by atoms with Crippen LogP contribution >= 0.6 is 0 Å². The predicted octanol–water partition coefficient (Wildman–Crippen LogP) is 2.49. The van der Waals surface area contributed by atoms with Crippen LogP contribution < -0.4 is 5.32 Å². The van der Waals surface area contributed by atoms with Gasteiger partial charge in [0, 0.05) is 6.54 Å². The SMILES string of the molecule is Cc1cccc(CC2CCNCC2F)c1. The highest BCUT2D eigenvalue weighted by atomic mass is 19.1. The van der Waals surface area contributed by atoms with E-state index in [1.54, 1.807) is 0 Å². The van der Waals surface area contributed by atoms with Crippen molar-refractivity contribution >= 4 is 0 Å². The van der Waals surface area contributed by atoms with E-state index in [9.17, 15) is 4.39 Å². The predicted molar refractivity (Wildman–Crippen MR) is 60.8 cm³/mol. The Balaban J connectivity index is 2.01. The molecule has 1 saturated heterocycles. The first-order valence-corrected chi connectivity index (χ1v) is 5.66. The maximum absolute atomic E-state index is 13.6. The fraction of sp³-hybridized carbons (Fsp3) is 0.538. The van der Waals surface area contributed by atoms with Crippen molar-refractivity contribution < 1.29 is 4.39 Å². The minimum Gasteiger partial charge on any atom is -0.314 e. The van der Waals surface area contributed by atoms with Gasteiger partial charge in [-0.2, -0.15) is 0 Å². The molecule has 0 bridgehead atoms. The molecular formula is C13H18FN. The number of alkyl halides is 1. The molecule has 0 aromatic heterocycles. The van der Waals surface area contributed by atoms with Crippen LogP contribution in [0.15, 0.2) is 24.3 Å². The minimum atomic E-state index is -0.681. The van der Waals surface area contributed by atoms with E-state index in [-0.39, 0.29) is 5.92 Å². The first-order chi connectivity index (χ1) is 7.25. The van der Waals surface area contributed by atoms with E-state index in [1.807, 2.05) is 0 Å². The quantitative estimate of drug-likeness (QED) is 0.785. The lowest BCUT2D eigenvalue weighted by molar-refractivity contribution is 0.179. The zero-order chi connectivity index (χ0) is 10.7. The average molecular weight is 207 g/mol. The van der Waals surface area contributed by atoms with Crippen LogP contribution in [0.2, 0.25) is 0 Å². The van der Waals surface area contributed by atoms with Gasteiger partial charge >= 0.3 is 0 Å². The molecule has 1 aliphatic heterocycles. The molecule has 82 valence electrons. The van der Waals surface area contributed by atoms with Crippen LogP contribution in [0.3, 0.4) is 0 Å². The lowest BCUT2D eigenvalue weighted by Gasteiger charge is -2.26. The summed E-state index contributed by atoms with van der Waals surface area (Å²) < 4.78 is 13.6. The zero-order valence-electron chi connectivity index (χ0n) is 9.17. The molecule has 2 unspecified atom stereocenters. The maximum atomic E-state index is 13.6. The van der Waals surface area contributed by atoms with Crippen LogP contribution in [-0.2, 0) is 6.42 Å². The van der Waals surface area contributed by atoms with Gasteiger partial charge in [-0.25, -0.2) is 4.39 Å². The summed E-state index contributed by atoms with van der Waals surface area (Å²) >= 11 is 0. The monoisotopic (exact) mass is 207 g/mol. The number of rotatable bonds is 2. The lowest BCUT2D eigenvalue weighted by atomic mass is 9.89. The van der Waals surface area contributed by atoms with E-state index in [1.165, 1.54) is 11.1 Å². The van der Waals surface area contributed by atoms with Gasteiger partial charge in [0.1, 0.15) is 6.17 Å². The normalized spacial score (nSPS) is 26.5. The summed E-state index contributed by atoms with van der Waals surface area (Å²) in [4.78, 5) is 0. The highest BCUT2D eigenvalue weighted by Gasteiger charge is 2.24. The Bertz CT molecular complexity index is 324. The molecule has 1 heterocycles. The average Bonchev–Trinajstić information content (AvgIpc) is 2.22. The smallest absolute Gasteiger partial charge is 0.116 e. The molecule has 15 heavy (non-hydrogen) atoms. The van der Waals surface area contributed by atoms with Gasteiger partial charge in [0.05, 0.1) is 0 Å². The summed E-state index contributed by atoms with van der Waals surface area (Å²) in [5.41, 5.74) is 2.53. The molecule has 1 fully saturated rings. The largest absolute Gasteiger partial charge is 0.314 e. The Labute approximate surface area is 90.7 Å². The van der Waals surface area contributed by atoms with Crippen LogP contribution in [0.25, 0.3) is 0 Å². The van der Waals surface area contributed by atoms with Gasteiger partial charge in [-0.1, -0.05) is 29.8 Å². The van der Waals surface area contributed by atoms with Crippen molar-refractivity contribution in [1.82, 2.24) is 5.32 Å². The molecular weight excluding hydrogens is 189 g/mol. The molecule has 0 amide bonds. The van der Waals surface area contributed by atoms with E-state index < -0.39 is 6.17 Å². The number of piperidine rings is 1. The van der Waals surface area contributed by atoms with Gasteiger partial charge in [-0.05, 0) is 37.8 Å². The van der Waals surface area contributed by atoms with Crippen LogP contribution in [0, 0.1) is 12.8 Å². The van der Waals surface area contributed by atoms with Crippen molar-refractivity contribution in [3.8, 4) is 0 Å². The standard InChI is InChI=1S/C13H18FN/c1-10-3-2-4-11(7-10)8-12-5-6-15-9-13(12)14/h2-4,7,12-13,15H,5-6,8-9H2,1H3. The maximum Gasteiger partial charge on any atom is 0.116 e. The van der Waals surface area contributed by atoms with Crippen molar-refractivity contribution in [2.24, 2.45) is 5.92 Å². The van der Waals surface area contributed by atoms with E-state index in [4.69, 9.17) is 0 Å². The van der Waals surface area contributed by atoms with Gasteiger partial charge in [0.25, 0.3) is 0 Å². The van der Waals surface area contributed by atoms with Gasteiger partial charge in [-0.3, -0.25) is 0 Å². The Hall–Kier alpha value is -0.890. The number of benzene rings is 1. The van der Waals surface area contributed by atoms with Gasteiger partial charge < -0.3 is 5.32 Å². The van der Waals surface area contributed by atoms with Gasteiger partial charge in [-0.15, -0.1) is 0 Å². The molecule has 0 aliphatic carbocycles. The summed E-state index contributed by atoms with van der Waals surface area (Å²) in [7, 11) is 0. The molecule has 1 aromatic carbocycles. The first kappa shape index (κ1) is 10.6. The van der Waals surface area contributed by atoms with E-state index in [0.29, 0.717) is 6.54 Å². The second-order valence-corrected chi connectivity index (χ2v) is 4.46. The second kappa shape index (κ2) is 4.75. The summed E-state index contributed by atoms with van der Waals surface area (Å²) in [6.45, 7) is 3.56. The third-order valence-electron chi connectivity index (χ3n) is 3.12. The number of nitrogens with one attached hydrogen (secondary N) is 1. The Kier molecular flexibility index (Phi) is 3.37. The molecule has 1 N–H and O–H groups in total. The topological polar surface area (TPSA) is 12.0 Å². The molecule has 2 heteroatoms. The van der Waals surface area contributed by atoms with Crippen molar-refractivity contribution in [3.05, 3.63) is 35.4 Å². The van der Waals surface area contributed by atoms with Crippen LogP contribution in [0.4, 0.5) is 4.39 Å². The van der Waals surface area contributed by atoms with Gasteiger partial charge in [0.15, 0.2) is 0 Å². The second-order valence-electron chi connectivity index (χ2n) is 4.46. The number of halogens is 1. The van der Waals surface area contributed by atoms with Crippen molar-refractivity contribution in [1.29, 1.82) is 0 Å². The molecule has 0 saturated carbocycles. The van der Waals surface area contributed by atoms with Crippen molar-refractivity contribution in [3.63, 3.8) is 0 Å². The third-order valence-corrected chi connectivity index (χ3v) is 3.12. The fourth-order valence-corrected chi connectivity index (χ4v) is 2.25. The molecule has 2 rings (SSSR count). The fourth-order valence-electron chi connectivity index (χ4n) is 2.25. The molecule has 1 nitrogen and oxygen atoms in total. The summed E-state index contributed by atoms with van der Waals surface area (Å²) in [5.74, 6) is 0.202. The van der Waals surface area contributed by atoms with E-state index in [2.05, 4.69) is 36.5 Å². The highest BCUT2D eigenvalue weighted by Crippen LogP contribution is 2.21. The van der Waals surface area contributed by atoms with Gasteiger partial charge in [0.2, 0.25) is 0 Å². The van der Waals surface area contributed by atoms with E-state index in [0.717, 1.165) is 19.4 Å². The molecule has 1 aliphatic rings. The third kappa shape index (κ3) is 2.78.